The molecule has 0 spiro atoms. The predicted octanol–water partition coefficient (Wildman–Crippen LogP) is 6.08. The molecule has 0 atom stereocenters. The molecule has 0 radical (unpaired) electrons. The van der Waals surface area contributed by atoms with Crippen LogP contribution in [-0.4, -0.2) is 18.9 Å². The second-order valence-electron chi connectivity index (χ2n) is 6.47. The van der Waals surface area contributed by atoms with Gasteiger partial charge in [0.2, 0.25) is 0 Å². The van der Waals surface area contributed by atoms with E-state index >= 15 is 0 Å². The third-order valence-corrected chi connectivity index (χ3v) is 6.25. The molecule has 0 fully saturated rings. The lowest BCUT2D eigenvalue weighted by Gasteiger charge is -2.17. The summed E-state index contributed by atoms with van der Waals surface area (Å²) in [5.74, 6) is -0.390. The number of thiophene rings is 1. The van der Waals surface area contributed by atoms with Gasteiger partial charge in [0.15, 0.2) is 0 Å². The lowest BCUT2D eigenvalue weighted by atomic mass is 10.1. The number of carbonyl (C=O) groups excluding carboxylic acids is 2. The quantitative estimate of drug-likeness (QED) is 0.434. The summed E-state index contributed by atoms with van der Waals surface area (Å²) in [5, 5.41) is 4.18. The zero-order chi connectivity index (χ0) is 20.4. The van der Waals surface area contributed by atoms with Crippen molar-refractivity contribution in [3.63, 3.8) is 0 Å². The Hall–Kier alpha value is -3.15. The van der Waals surface area contributed by atoms with Crippen molar-refractivity contribution in [3.8, 4) is 0 Å². The number of carbonyl (C=O) groups is 2. The number of para-hydroxylation sites is 1. The fourth-order valence-electron chi connectivity index (χ4n) is 3.01. The summed E-state index contributed by atoms with van der Waals surface area (Å²) in [7, 11) is 1.73. The lowest BCUT2D eigenvalue weighted by Crippen LogP contribution is -2.26. The van der Waals surface area contributed by atoms with Gasteiger partial charge in [-0.25, -0.2) is 0 Å². The number of nitrogens with zero attached hydrogens (tertiary/aromatic N) is 1. The number of benzene rings is 3. The zero-order valence-corrected chi connectivity index (χ0v) is 17.1. The summed E-state index contributed by atoms with van der Waals surface area (Å²) in [6.45, 7) is 0. The fourth-order valence-corrected chi connectivity index (χ4v) is 4.42. The van der Waals surface area contributed by atoms with E-state index in [-0.39, 0.29) is 11.8 Å². The maximum absolute atomic E-state index is 12.7. The van der Waals surface area contributed by atoms with E-state index in [0.29, 0.717) is 21.2 Å². The maximum atomic E-state index is 12.7. The van der Waals surface area contributed by atoms with Gasteiger partial charge >= 0.3 is 0 Å². The van der Waals surface area contributed by atoms with E-state index in [1.54, 1.807) is 36.2 Å². The van der Waals surface area contributed by atoms with E-state index in [1.165, 1.54) is 11.3 Å². The number of rotatable bonds is 4. The molecule has 4 rings (SSSR count). The summed E-state index contributed by atoms with van der Waals surface area (Å²) in [4.78, 5) is 27.4. The SMILES string of the molecule is CN(C(=O)c1ccc(NC(=O)c2sc3ccccc3c2Cl)cc1)c1ccccc1. The largest absolute Gasteiger partial charge is 0.321 e. The average molecular weight is 421 g/mol. The number of hydrogen-bond acceptors (Lipinski definition) is 3. The van der Waals surface area contributed by atoms with E-state index < -0.39 is 0 Å². The fraction of sp³-hybridized carbons (Fsp3) is 0.0435. The topological polar surface area (TPSA) is 49.4 Å². The summed E-state index contributed by atoms with van der Waals surface area (Å²) >= 11 is 7.73. The molecule has 6 heteroatoms. The van der Waals surface area contributed by atoms with Crippen molar-refractivity contribution in [2.45, 2.75) is 0 Å². The predicted molar refractivity (Wildman–Crippen MR) is 120 cm³/mol. The minimum absolute atomic E-state index is 0.123. The molecule has 144 valence electrons. The van der Waals surface area contributed by atoms with Crippen molar-refractivity contribution in [1.29, 1.82) is 0 Å². The molecule has 1 N–H and O–H groups in total. The number of fused-ring (bicyclic) bond motifs is 1. The van der Waals surface area contributed by atoms with Gasteiger partial charge in [0, 0.05) is 34.1 Å². The zero-order valence-electron chi connectivity index (χ0n) is 15.6. The van der Waals surface area contributed by atoms with E-state index in [2.05, 4.69) is 5.32 Å². The van der Waals surface area contributed by atoms with Gasteiger partial charge in [-0.15, -0.1) is 11.3 Å². The third-order valence-electron chi connectivity index (χ3n) is 4.58. The van der Waals surface area contributed by atoms with Gasteiger partial charge in [-0.1, -0.05) is 48.0 Å². The summed E-state index contributed by atoms with van der Waals surface area (Å²) < 4.78 is 0.965. The van der Waals surface area contributed by atoms with Crippen molar-refractivity contribution in [2.75, 3.05) is 17.3 Å². The highest BCUT2D eigenvalue weighted by atomic mass is 35.5. The minimum Gasteiger partial charge on any atom is -0.321 e. The molecule has 0 aliphatic heterocycles. The normalized spacial score (nSPS) is 10.7. The first kappa shape index (κ1) is 19.2. The Kier molecular flexibility index (Phi) is 5.34. The lowest BCUT2D eigenvalue weighted by molar-refractivity contribution is 0.0991. The second-order valence-corrected chi connectivity index (χ2v) is 7.90. The summed E-state index contributed by atoms with van der Waals surface area (Å²) in [5.41, 5.74) is 1.95. The molecule has 0 saturated heterocycles. The van der Waals surface area contributed by atoms with Crippen molar-refractivity contribution in [3.05, 3.63) is 94.3 Å². The van der Waals surface area contributed by atoms with Crippen LogP contribution in [0.2, 0.25) is 5.02 Å². The first-order valence-corrected chi connectivity index (χ1v) is 10.2. The Balaban J connectivity index is 1.50. The van der Waals surface area contributed by atoms with Gasteiger partial charge in [0.05, 0.1) is 5.02 Å². The molecule has 0 bridgehead atoms. The molecule has 0 aliphatic carbocycles. The number of halogens is 1. The monoisotopic (exact) mass is 420 g/mol. The number of anilines is 2. The molecule has 2 amide bonds. The van der Waals surface area contributed by atoms with Gasteiger partial charge in [-0.2, -0.15) is 0 Å². The molecule has 0 aliphatic rings. The smallest absolute Gasteiger partial charge is 0.267 e. The molecule has 4 nitrogen and oxygen atoms in total. The highest BCUT2D eigenvalue weighted by Crippen LogP contribution is 2.35. The van der Waals surface area contributed by atoms with Crippen molar-refractivity contribution < 1.29 is 9.59 Å². The van der Waals surface area contributed by atoms with Crippen LogP contribution >= 0.6 is 22.9 Å². The summed E-state index contributed by atoms with van der Waals surface area (Å²) in [6, 6.07) is 23.9. The highest BCUT2D eigenvalue weighted by Gasteiger charge is 2.18. The number of hydrogen-bond donors (Lipinski definition) is 1. The standard InChI is InChI=1S/C23H17ClN2O2S/c1-26(17-7-3-2-4-8-17)23(28)15-11-13-16(14-12-15)25-22(27)21-20(24)18-9-5-6-10-19(18)29-21/h2-14H,1H3,(H,25,27). The second kappa shape index (κ2) is 8.07. The van der Waals surface area contributed by atoms with Crippen LogP contribution in [0.15, 0.2) is 78.9 Å². The van der Waals surface area contributed by atoms with Crippen LogP contribution in [0.1, 0.15) is 20.0 Å². The van der Waals surface area contributed by atoms with Crippen molar-refractivity contribution >= 4 is 56.2 Å². The first-order valence-electron chi connectivity index (χ1n) is 8.96. The van der Waals surface area contributed by atoms with E-state index in [1.807, 2.05) is 54.6 Å². The Morgan fingerprint density at radius 2 is 1.55 bits per heavy atom. The van der Waals surface area contributed by atoms with Gasteiger partial charge in [-0.05, 0) is 42.5 Å². The van der Waals surface area contributed by atoms with E-state index in [4.69, 9.17) is 11.6 Å². The van der Waals surface area contributed by atoms with Gasteiger partial charge in [0.1, 0.15) is 4.88 Å². The molecule has 0 unspecified atom stereocenters. The third kappa shape index (κ3) is 3.88. The Morgan fingerprint density at radius 3 is 2.24 bits per heavy atom. The molecule has 1 aromatic heterocycles. The number of nitrogens with one attached hydrogen (secondary N) is 1. The van der Waals surface area contributed by atoms with Gasteiger partial charge in [0.25, 0.3) is 11.8 Å². The van der Waals surface area contributed by atoms with Crippen LogP contribution in [0.5, 0.6) is 0 Å². The molecular formula is C23H17ClN2O2S. The molecular weight excluding hydrogens is 404 g/mol. The highest BCUT2D eigenvalue weighted by molar-refractivity contribution is 7.21. The number of amides is 2. The van der Waals surface area contributed by atoms with Crippen LogP contribution < -0.4 is 10.2 Å². The van der Waals surface area contributed by atoms with E-state index in [9.17, 15) is 9.59 Å². The van der Waals surface area contributed by atoms with Crippen molar-refractivity contribution in [2.24, 2.45) is 0 Å². The molecule has 0 saturated carbocycles. The van der Waals surface area contributed by atoms with Crippen LogP contribution in [0, 0.1) is 0 Å². The molecule has 3 aromatic carbocycles. The molecule has 1 heterocycles. The minimum atomic E-state index is -0.267. The van der Waals surface area contributed by atoms with Crippen LogP contribution in [0.4, 0.5) is 11.4 Å². The Bertz CT molecular complexity index is 1190. The maximum Gasteiger partial charge on any atom is 0.267 e. The molecule has 29 heavy (non-hydrogen) atoms. The van der Waals surface area contributed by atoms with Crippen LogP contribution in [0.25, 0.3) is 10.1 Å². The van der Waals surface area contributed by atoms with Gasteiger partial charge < -0.3 is 10.2 Å². The van der Waals surface area contributed by atoms with Crippen molar-refractivity contribution in [1.82, 2.24) is 0 Å². The first-order chi connectivity index (χ1) is 14.0. The average Bonchev–Trinajstić information content (AvgIpc) is 3.11. The molecule has 4 aromatic rings. The summed E-state index contributed by atoms with van der Waals surface area (Å²) in [6.07, 6.45) is 0. The van der Waals surface area contributed by atoms with Crippen LogP contribution in [-0.2, 0) is 0 Å². The Labute approximate surface area is 177 Å². The van der Waals surface area contributed by atoms with Crippen LogP contribution in [0.3, 0.4) is 0 Å². The van der Waals surface area contributed by atoms with E-state index in [0.717, 1.165) is 15.8 Å². The van der Waals surface area contributed by atoms with Gasteiger partial charge in [-0.3, -0.25) is 9.59 Å². The Morgan fingerprint density at radius 1 is 0.897 bits per heavy atom.